The zero-order valence-corrected chi connectivity index (χ0v) is 15.9. The first-order valence-corrected chi connectivity index (χ1v) is 9.91. The predicted molar refractivity (Wildman–Crippen MR) is 97.4 cm³/mol. The summed E-state index contributed by atoms with van der Waals surface area (Å²) in [6, 6.07) is 7.81. The predicted octanol–water partition coefficient (Wildman–Crippen LogP) is 2.80. The van der Waals surface area contributed by atoms with Gasteiger partial charge in [0.1, 0.15) is 5.75 Å². The minimum atomic E-state index is -3.44. The van der Waals surface area contributed by atoms with Gasteiger partial charge in [-0.05, 0) is 56.4 Å². The van der Waals surface area contributed by atoms with E-state index in [1.807, 2.05) is 6.92 Å². The first-order chi connectivity index (χ1) is 11.0. The standard InChI is InChI=1S/C17H26N2O3S.ClH/c1-3-10-22-16-6-8-17(9-7-16)23(20,21)19(2)15-11-13-4-5-14(12-15)18-13;/h6-9,13-15,18H,3-5,10-12H2,1-2H3;1H. The smallest absolute Gasteiger partial charge is 0.243 e. The Morgan fingerprint density at radius 3 is 2.29 bits per heavy atom. The molecular formula is C17H27ClN2O3S. The maximum absolute atomic E-state index is 12.9. The molecule has 0 spiro atoms. The zero-order valence-electron chi connectivity index (χ0n) is 14.3. The number of benzene rings is 1. The summed E-state index contributed by atoms with van der Waals surface area (Å²) in [5, 5.41) is 3.56. The van der Waals surface area contributed by atoms with E-state index < -0.39 is 10.0 Å². The van der Waals surface area contributed by atoms with Gasteiger partial charge in [0.25, 0.3) is 0 Å². The monoisotopic (exact) mass is 374 g/mol. The number of nitrogens with one attached hydrogen (secondary N) is 1. The average molecular weight is 375 g/mol. The van der Waals surface area contributed by atoms with Gasteiger partial charge in [0.2, 0.25) is 10.0 Å². The molecular weight excluding hydrogens is 348 g/mol. The van der Waals surface area contributed by atoms with Gasteiger partial charge < -0.3 is 10.1 Å². The van der Waals surface area contributed by atoms with Crippen LogP contribution in [0.15, 0.2) is 29.2 Å². The molecule has 0 amide bonds. The van der Waals surface area contributed by atoms with E-state index in [9.17, 15) is 8.42 Å². The van der Waals surface area contributed by atoms with E-state index in [0.717, 1.165) is 19.3 Å². The first kappa shape index (κ1) is 19.5. The van der Waals surface area contributed by atoms with E-state index >= 15 is 0 Å². The molecule has 2 bridgehead atoms. The Balaban J connectivity index is 0.00000208. The number of sulfonamides is 1. The first-order valence-electron chi connectivity index (χ1n) is 8.47. The van der Waals surface area contributed by atoms with Crippen LogP contribution in [-0.4, -0.2) is 44.5 Å². The summed E-state index contributed by atoms with van der Waals surface area (Å²) >= 11 is 0. The number of ether oxygens (including phenoxy) is 1. The second kappa shape index (κ2) is 8.04. The fourth-order valence-electron chi connectivity index (χ4n) is 3.61. The molecule has 0 aromatic heterocycles. The minimum Gasteiger partial charge on any atom is -0.494 e. The van der Waals surface area contributed by atoms with Crippen molar-refractivity contribution < 1.29 is 13.2 Å². The van der Waals surface area contributed by atoms with Crippen LogP contribution in [0, 0.1) is 0 Å². The molecule has 1 aromatic carbocycles. The molecule has 2 aliphatic rings. The second-order valence-corrected chi connectivity index (χ2v) is 8.60. The largest absolute Gasteiger partial charge is 0.494 e. The molecule has 136 valence electrons. The van der Waals surface area contributed by atoms with Crippen LogP contribution in [0.25, 0.3) is 0 Å². The van der Waals surface area contributed by atoms with Gasteiger partial charge in [-0.3, -0.25) is 0 Å². The van der Waals surface area contributed by atoms with E-state index in [1.54, 1.807) is 35.6 Å². The lowest BCUT2D eigenvalue weighted by atomic mass is 10.0. The van der Waals surface area contributed by atoms with Crippen molar-refractivity contribution in [3.63, 3.8) is 0 Å². The second-order valence-electron chi connectivity index (χ2n) is 6.60. The molecule has 2 fully saturated rings. The normalized spacial score (nSPS) is 26.2. The third-order valence-corrected chi connectivity index (χ3v) is 6.86. The Bertz CT molecular complexity index is 624. The van der Waals surface area contributed by atoms with Crippen molar-refractivity contribution in [1.29, 1.82) is 0 Å². The molecule has 5 nitrogen and oxygen atoms in total. The molecule has 7 heteroatoms. The van der Waals surface area contributed by atoms with Crippen molar-refractivity contribution in [1.82, 2.24) is 9.62 Å². The lowest BCUT2D eigenvalue weighted by molar-refractivity contribution is 0.251. The lowest BCUT2D eigenvalue weighted by Crippen LogP contribution is -2.48. The van der Waals surface area contributed by atoms with Crippen molar-refractivity contribution in [2.45, 2.75) is 62.0 Å². The Labute approximate surface area is 151 Å². The lowest BCUT2D eigenvalue weighted by Gasteiger charge is -2.34. The molecule has 2 atom stereocenters. The number of fused-ring (bicyclic) bond motifs is 2. The van der Waals surface area contributed by atoms with Crippen LogP contribution < -0.4 is 10.1 Å². The van der Waals surface area contributed by atoms with Crippen molar-refractivity contribution in [2.75, 3.05) is 13.7 Å². The van der Waals surface area contributed by atoms with Gasteiger partial charge in [-0.15, -0.1) is 12.4 Å². The fraction of sp³-hybridized carbons (Fsp3) is 0.647. The topological polar surface area (TPSA) is 58.6 Å². The van der Waals surface area contributed by atoms with Crippen LogP contribution in [0.5, 0.6) is 5.75 Å². The number of piperidine rings is 1. The van der Waals surface area contributed by atoms with E-state index in [-0.39, 0.29) is 18.4 Å². The highest BCUT2D eigenvalue weighted by atomic mass is 35.5. The molecule has 24 heavy (non-hydrogen) atoms. The van der Waals surface area contributed by atoms with Crippen LogP contribution >= 0.6 is 12.4 Å². The summed E-state index contributed by atoms with van der Waals surface area (Å²) in [4.78, 5) is 0.342. The van der Waals surface area contributed by atoms with Crippen LogP contribution in [0.3, 0.4) is 0 Å². The number of hydrogen-bond donors (Lipinski definition) is 1. The van der Waals surface area contributed by atoms with Crippen LogP contribution in [0.1, 0.15) is 39.0 Å². The Kier molecular flexibility index (Phi) is 6.53. The number of hydrogen-bond acceptors (Lipinski definition) is 4. The molecule has 2 heterocycles. The number of halogens is 1. The molecule has 2 saturated heterocycles. The summed E-state index contributed by atoms with van der Waals surface area (Å²) in [7, 11) is -1.73. The summed E-state index contributed by atoms with van der Waals surface area (Å²) < 4.78 is 32.8. The van der Waals surface area contributed by atoms with Gasteiger partial charge in [-0.1, -0.05) is 6.92 Å². The van der Waals surface area contributed by atoms with E-state index in [2.05, 4.69) is 5.32 Å². The molecule has 2 aliphatic heterocycles. The summed E-state index contributed by atoms with van der Waals surface area (Å²) in [6.07, 6.45) is 5.08. The van der Waals surface area contributed by atoms with E-state index in [1.165, 1.54) is 12.8 Å². The zero-order chi connectivity index (χ0) is 16.4. The van der Waals surface area contributed by atoms with Gasteiger partial charge in [-0.2, -0.15) is 4.31 Å². The maximum atomic E-state index is 12.9. The quantitative estimate of drug-likeness (QED) is 0.831. The van der Waals surface area contributed by atoms with Crippen molar-refractivity contribution in [3.05, 3.63) is 24.3 Å². The van der Waals surface area contributed by atoms with Gasteiger partial charge in [0.15, 0.2) is 0 Å². The highest BCUT2D eigenvalue weighted by Gasteiger charge is 2.38. The van der Waals surface area contributed by atoms with Gasteiger partial charge in [0.05, 0.1) is 11.5 Å². The highest BCUT2D eigenvalue weighted by Crippen LogP contribution is 2.31. The molecule has 3 rings (SSSR count). The molecule has 0 aliphatic carbocycles. The Hall–Kier alpha value is -0.820. The summed E-state index contributed by atoms with van der Waals surface area (Å²) in [5.41, 5.74) is 0. The van der Waals surface area contributed by atoms with Crippen molar-refractivity contribution >= 4 is 22.4 Å². The van der Waals surface area contributed by atoms with Crippen molar-refractivity contribution in [3.8, 4) is 5.75 Å². The van der Waals surface area contributed by atoms with Gasteiger partial charge >= 0.3 is 0 Å². The van der Waals surface area contributed by atoms with E-state index in [0.29, 0.717) is 29.3 Å². The van der Waals surface area contributed by atoms with Crippen LogP contribution in [0.2, 0.25) is 0 Å². The van der Waals surface area contributed by atoms with Gasteiger partial charge in [0, 0.05) is 25.2 Å². The Morgan fingerprint density at radius 1 is 1.17 bits per heavy atom. The van der Waals surface area contributed by atoms with Crippen LogP contribution in [0.4, 0.5) is 0 Å². The summed E-state index contributed by atoms with van der Waals surface area (Å²) in [5.74, 6) is 0.716. The highest BCUT2D eigenvalue weighted by molar-refractivity contribution is 7.89. The van der Waals surface area contributed by atoms with Crippen LogP contribution in [-0.2, 0) is 10.0 Å². The number of nitrogens with zero attached hydrogens (tertiary/aromatic N) is 1. The maximum Gasteiger partial charge on any atom is 0.243 e. The Morgan fingerprint density at radius 2 is 1.75 bits per heavy atom. The van der Waals surface area contributed by atoms with E-state index in [4.69, 9.17) is 4.74 Å². The number of rotatable bonds is 6. The fourth-order valence-corrected chi connectivity index (χ4v) is 4.99. The molecule has 0 saturated carbocycles. The van der Waals surface area contributed by atoms with Gasteiger partial charge in [-0.25, -0.2) is 8.42 Å². The molecule has 1 aromatic rings. The molecule has 0 radical (unpaired) electrons. The summed E-state index contributed by atoms with van der Waals surface area (Å²) in [6.45, 7) is 2.68. The van der Waals surface area contributed by atoms with Crippen molar-refractivity contribution in [2.24, 2.45) is 0 Å². The third-order valence-electron chi connectivity index (χ3n) is 4.94. The molecule has 1 N–H and O–H groups in total. The molecule has 2 unspecified atom stereocenters. The third kappa shape index (κ3) is 4.04. The minimum absolute atomic E-state index is 0. The average Bonchev–Trinajstić information content (AvgIpc) is 2.90. The SMILES string of the molecule is CCCOc1ccc(S(=O)(=O)N(C)C2CC3CCC(C2)N3)cc1.Cl.